The zero-order valence-electron chi connectivity index (χ0n) is 19.0. The van der Waals surface area contributed by atoms with E-state index in [9.17, 15) is 9.59 Å². The summed E-state index contributed by atoms with van der Waals surface area (Å²) in [5.41, 5.74) is 1.90. The molecule has 1 aliphatic rings. The monoisotopic (exact) mass is 456 g/mol. The lowest BCUT2D eigenvalue weighted by atomic mass is 9.85. The molecule has 32 heavy (non-hydrogen) atoms. The Bertz CT molecular complexity index is 932. The molecule has 172 valence electrons. The van der Waals surface area contributed by atoms with Gasteiger partial charge in [0.05, 0.1) is 14.2 Å². The number of benzene rings is 2. The van der Waals surface area contributed by atoms with E-state index >= 15 is 0 Å². The first-order valence-corrected chi connectivity index (χ1v) is 12.1. The second-order valence-electron chi connectivity index (χ2n) is 8.14. The van der Waals surface area contributed by atoms with E-state index in [4.69, 9.17) is 9.47 Å². The normalized spacial score (nSPS) is 17.7. The maximum absolute atomic E-state index is 12.5. The fourth-order valence-corrected chi connectivity index (χ4v) is 4.55. The number of thioether (sulfide) groups is 1. The lowest BCUT2D eigenvalue weighted by Gasteiger charge is -2.29. The average Bonchev–Trinajstić information content (AvgIpc) is 3.18. The molecule has 0 aliphatic carbocycles. The fraction of sp³-hybridized carbons (Fsp3) is 0.440. The van der Waals surface area contributed by atoms with E-state index in [-0.39, 0.29) is 17.4 Å². The molecular formula is C25H32N2O4S. The number of hydrogen-bond acceptors (Lipinski definition) is 5. The molecule has 6 nitrogen and oxygen atoms in total. The Balaban J connectivity index is 1.51. The molecule has 0 radical (unpaired) electrons. The number of hydrogen-bond donors (Lipinski definition) is 2. The van der Waals surface area contributed by atoms with Crippen molar-refractivity contribution < 1.29 is 19.1 Å². The van der Waals surface area contributed by atoms with Crippen molar-refractivity contribution in [2.45, 2.75) is 49.0 Å². The van der Waals surface area contributed by atoms with Gasteiger partial charge in [-0.2, -0.15) is 0 Å². The lowest BCUT2D eigenvalue weighted by molar-refractivity contribution is -0.122. The number of ether oxygens (including phenoxy) is 2. The van der Waals surface area contributed by atoms with E-state index in [0.717, 1.165) is 18.4 Å². The van der Waals surface area contributed by atoms with Crippen LogP contribution in [0.1, 0.15) is 36.8 Å². The zero-order valence-corrected chi connectivity index (χ0v) is 19.8. The maximum atomic E-state index is 12.5. The maximum Gasteiger partial charge on any atom is 0.220 e. The van der Waals surface area contributed by atoms with Gasteiger partial charge in [0, 0.05) is 29.8 Å². The Labute approximate surface area is 194 Å². The SMILES string of the molecule is COc1ccc(CCNC(=O)CCC2(Cc3ccc(SC)cc3)CCC(=O)N2)cc1OC. The molecule has 1 fully saturated rings. The van der Waals surface area contributed by atoms with Crippen molar-refractivity contribution in [2.75, 3.05) is 27.0 Å². The van der Waals surface area contributed by atoms with Gasteiger partial charge < -0.3 is 20.1 Å². The van der Waals surface area contributed by atoms with Crippen LogP contribution >= 0.6 is 11.8 Å². The average molecular weight is 457 g/mol. The summed E-state index contributed by atoms with van der Waals surface area (Å²) in [7, 11) is 3.22. The summed E-state index contributed by atoms with van der Waals surface area (Å²) in [5.74, 6) is 1.44. The van der Waals surface area contributed by atoms with E-state index in [0.29, 0.717) is 43.7 Å². The number of methoxy groups -OCH3 is 2. The number of amides is 2. The van der Waals surface area contributed by atoms with E-state index in [1.165, 1.54) is 10.5 Å². The van der Waals surface area contributed by atoms with E-state index in [1.807, 2.05) is 18.2 Å². The summed E-state index contributed by atoms with van der Waals surface area (Å²) < 4.78 is 10.6. The van der Waals surface area contributed by atoms with Gasteiger partial charge in [-0.1, -0.05) is 18.2 Å². The number of rotatable bonds is 11. The van der Waals surface area contributed by atoms with Crippen LogP contribution in [0.2, 0.25) is 0 Å². The Morgan fingerprint density at radius 1 is 1.09 bits per heavy atom. The minimum Gasteiger partial charge on any atom is -0.493 e. The largest absolute Gasteiger partial charge is 0.493 e. The van der Waals surface area contributed by atoms with Crippen molar-refractivity contribution in [3.63, 3.8) is 0 Å². The summed E-state index contributed by atoms with van der Waals surface area (Å²) in [6.45, 7) is 0.545. The van der Waals surface area contributed by atoms with Gasteiger partial charge in [-0.3, -0.25) is 9.59 Å². The lowest BCUT2D eigenvalue weighted by Crippen LogP contribution is -2.44. The molecular weight excluding hydrogens is 424 g/mol. The molecule has 1 saturated heterocycles. The highest BCUT2D eigenvalue weighted by Crippen LogP contribution is 2.30. The smallest absolute Gasteiger partial charge is 0.220 e. The van der Waals surface area contributed by atoms with E-state index < -0.39 is 0 Å². The predicted octanol–water partition coefficient (Wildman–Crippen LogP) is 3.76. The van der Waals surface area contributed by atoms with Gasteiger partial charge in [0.25, 0.3) is 0 Å². The molecule has 2 aromatic rings. The molecule has 0 bridgehead atoms. The van der Waals surface area contributed by atoms with Gasteiger partial charge >= 0.3 is 0 Å². The number of nitrogens with one attached hydrogen (secondary N) is 2. The summed E-state index contributed by atoms with van der Waals surface area (Å²) >= 11 is 1.71. The third-order valence-corrected chi connectivity index (χ3v) is 6.69. The zero-order chi connectivity index (χ0) is 23.0. The highest BCUT2D eigenvalue weighted by atomic mass is 32.2. The highest BCUT2D eigenvalue weighted by Gasteiger charge is 2.37. The van der Waals surface area contributed by atoms with Crippen LogP contribution < -0.4 is 20.1 Å². The van der Waals surface area contributed by atoms with Crippen molar-refractivity contribution in [1.82, 2.24) is 10.6 Å². The quantitative estimate of drug-likeness (QED) is 0.504. The van der Waals surface area contributed by atoms with Crippen molar-refractivity contribution >= 4 is 23.6 Å². The minimum atomic E-state index is -0.349. The topological polar surface area (TPSA) is 76.7 Å². The number of carbonyl (C=O) groups excluding carboxylic acids is 2. The van der Waals surface area contributed by atoms with Crippen LogP contribution in [-0.4, -0.2) is 44.4 Å². The molecule has 1 unspecified atom stereocenters. The van der Waals surface area contributed by atoms with Crippen LogP contribution in [0.15, 0.2) is 47.4 Å². The highest BCUT2D eigenvalue weighted by molar-refractivity contribution is 7.98. The van der Waals surface area contributed by atoms with Gasteiger partial charge in [0.15, 0.2) is 11.5 Å². The summed E-state index contributed by atoms with van der Waals surface area (Å²) in [5, 5.41) is 6.16. The molecule has 7 heteroatoms. The Morgan fingerprint density at radius 2 is 1.81 bits per heavy atom. The van der Waals surface area contributed by atoms with Gasteiger partial charge in [0.1, 0.15) is 0 Å². The van der Waals surface area contributed by atoms with Gasteiger partial charge in [-0.15, -0.1) is 11.8 Å². The van der Waals surface area contributed by atoms with Gasteiger partial charge in [-0.25, -0.2) is 0 Å². The van der Waals surface area contributed by atoms with Crippen molar-refractivity contribution in [2.24, 2.45) is 0 Å². The molecule has 1 atom stereocenters. The first kappa shape index (κ1) is 24.0. The van der Waals surface area contributed by atoms with Crippen LogP contribution in [0, 0.1) is 0 Å². The van der Waals surface area contributed by atoms with Gasteiger partial charge in [0.2, 0.25) is 11.8 Å². The predicted molar refractivity (Wildman–Crippen MR) is 128 cm³/mol. The van der Waals surface area contributed by atoms with Gasteiger partial charge in [-0.05, 0) is 67.3 Å². The first-order chi connectivity index (χ1) is 15.5. The third kappa shape index (κ3) is 6.42. The number of carbonyl (C=O) groups is 2. The Morgan fingerprint density at radius 3 is 2.44 bits per heavy atom. The minimum absolute atomic E-state index is 0.00346. The molecule has 0 aromatic heterocycles. The van der Waals surface area contributed by atoms with E-state index in [2.05, 4.69) is 41.2 Å². The van der Waals surface area contributed by atoms with Crippen LogP contribution in [0.25, 0.3) is 0 Å². The fourth-order valence-electron chi connectivity index (χ4n) is 4.14. The van der Waals surface area contributed by atoms with E-state index in [1.54, 1.807) is 26.0 Å². The molecule has 0 spiro atoms. The summed E-state index contributed by atoms with van der Waals surface area (Å²) in [6, 6.07) is 14.2. The third-order valence-electron chi connectivity index (χ3n) is 5.95. The van der Waals surface area contributed by atoms with Crippen LogP contribution in [0.4, 0.5) is 0 Å². The molecule has 1 heterocycles. The molecule has 2 amide bonds. The van der Waals surface area contributed by atoms with Crippen molar-refractivity contribution in [3.05, 3.63) is 53.6 Å². The van der Waals surface area contributed by atoms with Crippen molar-refractivity contribution in [1.29, 1.82) is 0 Å². The molecule has 0 saturated carbocycles. The molecule has 1 aliphatic heterocycles. The van der Waals surface area contributed by atoms with Crippen LogP contribution in [0.3, 0.4) is 0 Å². The Kier molecular flexibility index (Phi) is 8.45. The first-order valence-electron chi connectivity index (χ1n) is 10.9. The second kappa shape index (κ2) is 11.3. The molecule has 3 rings (SSSR count). The van der Waals surface area contributed by atoms with Crippen LogP contribution in [0.5, 0.6) is 11.5 Å². The van der Waals surface area contributed by atoms with Crippen molar-refractivity contribution in [3.8, 4) is 11.5 Å². The Hall–Kier alpha value is -2.67. The molecule has 2 aromatic carbocycles. The summed E-state index contributed by atoms with van der Waals surface area (Å²) in [6.07, 6.45) is 5.79. The molecule has 2 N–H and O–H groups in total. The summed E-state index contributed by atoms with van der Waals surface area (Å²) in [4.78, 5) is 25.7. The standard InChI is InChI=1S/C25H32N2O4S/c1-30-21-9-6-18(16-22(21)31-2)12-15-26-23(28)10-13-25(14-11-24(29)27-25)17-19-4-7-20(32-3)8-5-19/h4-9,16H,10-15,17H2,1-3H3,(H,26,28)(H,27,29). The van der Waals surface area contributed by atoms with Crippen LogP contribution in [-0.2, 0) is 22.4 Å². The second-order valence-corrected chi connectivity index (χ2v) is 9.02.